The van der Waals surface area contributed by atoms with Crippen LogP contribution >= 0.6 is 0 Å². The first-order valence-electron chi connectivity index (χ1n) is 10.4. The minimum Gasteiger partial charge on any atom is -0.487 e. The van der Waals surface area contributed by atoms with Crippen LogP contribution < -0.4 is 10.1 Å². The molecule has 3 aromatic heterocycles. The maximum Gasteiger partial charge on any atom is 0.258 e. The van der Waals surface area contributed by atoms with Gasteiger partial charge in [0.2, 0.25) is 0 Å². The van der Waals surface area contributed by atoms with Crippen LogP contribution in [0.5, 0.6) is 5.75 Å². The van der Waals surface area contributed by atoms with Crippen molar-refractivity contribution in [1.82, 2.24) is 19.4 Å². The largest absolute Gasteiger partial charge is 0.487 e. The van der Waals surface area contributed by atoms with Gasteiger partial charge in [-0.1, -0.05) is 12.1 Å². The topological polar surface area (TPSA) is 81.4 Å². The molecule has 164 valence electrons. The number of hydrogen-bond acceptors (Lipinski definition) is 5. The van der Waals surface area contributed by atoms with E-state index in [9.17, 15) is 9.18 Å². The summed E-state index contributed by atoms with van der Waals surface area (Å²) >= 11 is 0. The van der Waals surface area contributed by atoms with Gasteiger partial charge in [0.05, 0.1) is 28.2 Å². The number of aromatic nitrogens is 4. The third kappa shape index (κ3) is 4.23. The number of aryl methyl sites for hydroxylation is 2. The Kier molecular flexibility index (Phi) is 5.18. The molecule has 2 aromatic carbocycles. The van der Waals surface area contributed by atoms with Crippen molar-refractivity contribution in [3.63, 3.8) is 0 Å². The third-order valence-corrected chi connectivity index (χ3v) is 5.28. The maximum atomic E-state index is 14.2. The predicted octanol–water partition coefficient (Wildman–Crippen LogP) is 4.86. The molecule has 0 radical (unpaired) electrons. The first kappa shape index (κ1) is 20.6. The van der Waals surface area contributed by atoms with Gasteiger partial charge in [-0.05, 0) is 44.2 Å². The van der Waals surface area contributed by atoms with E-state index < -0.39 is 11.7 Å². The summed E-state index contributed by atoms with van der Waals surface area (Å²) in [5, 5.41) is 2.80. The Labute approximate surface area is 188 Å². The Balaban J connectivity index is 1.35. The zero-order chi connectivity index (χ0) is 22.9. The Hall–Kier alpha value is -4.33. The van der Waals surface area contributed by atoms with Crippen molar-refractivity contribution in [3.8, 4) is 5.75 Å². The van der Waals surface area contributed by atoms with Crippen LogP contribution in [0.1, 0.15) is 27.4 Å². The number of imidazole rings is 1. The second kappa shape index (κ2) is 8.31. The van der Waals surface area contributed by atoms with Crippen LogP contribution in [-0.2, 0) is 6.61 Å². The molecular formula is C25H20FN5O2. The summed E-state index contributed by atoms with van der Waals surface area (Å²) < 4.78 is 21.9. The molecule has 0 fully saturated rings. The highest BCUT2D eigenvalue weighted by Gasteiger charge is 2.16. The fraction of sp³-hybridized carbons (Fsp3) is 0.120. The average Bonchev–Trinajstić information content (AvgIpc) is 3.22. The molecule has 33 heavy (non-hydrogen) atoms. The molecule has 3 heterocycles. The van der Waals surface area contributed by atoms with E-state index in [0.29, 0.717) is 33.9 Å². The van der Waals surface area contributed by atoms with Crippen LogP contribution in [0, 0.1) is 19.7 Å². The molecule has 0 saturated carbocycles. The average molecular weight is 441 g/mol. The summed E-state index contributed by atoms with van der Waals surface area (Å²) in [6.07, 6.45) is 3.83. The first-order valence-corrected chi connectivity index (χ1v) is 10.4. The van der Waals surface area contributed by atoms with Crippen molar-refractivity contribution < 1.29 is 13.9 Å². The molecule has 0 bridgehead atoms. The van der Waals surface area contributed by atoms with Gasteiger partial charge in [-0.15, -0.1) is 0 Å². The lowest BCUT2D eigenvalue weighted by atomic mass is 10.1. The monoisotopic (exact) mass is 441 g/mol. The summed E-state index contributed by atoms with van der Waals surface area (Å²) in [6, 6.07) is 15.2. The van der Waals surface area contributed by atoms with E-state index >= 15 is 0 Å². The van der Waals surface area contributed by atoms with Crippen LogP contribution in [0.15, 0.2) is 67.0 Å². The number of benzene rings is 2. The number of ether oxygens (including phenoxy) is 1. The van der Waals surface area contributed by atoms with Crippen LogP contribution in [0.3, 0.4) is 0 Å². The second-order valence-electron chi connectivity index (χ2n) is 7.68. The van der Waals surface area contributed by atoms with E-state index in [1.807, 2.05) is 35.0 Å². The molecule has 0 aliphatic carbocycles. The van der Waals surface area contributed by atoms with Crippen molar-refractivity contribution in [1.29, 1.82) is 0 Å². The summed E-state index contributed by atoms with van der Waals surface area (Å²) in [5.41, 5.74) is 4.34. The van der Waals surface area contributed by atoms with E-state index in [2.05, 4.69) is 20.3 Å². The Morgan fingerprint density at radius 1 is 1.03 bits per heavy atom. The van der Waals surface area contributed by atoms with E-state index in [1.54, 1.807) is 38.1 Å². The van der Waals surface area contributed by atoms with Crippen LogP contribution in [0.25, 0.3) is 16.7 Å². The highest BCUT2D eigenvalue weighted by atomic mass is 19.1. The minimum atomic E-state index is -0.547. The summed E-state index contributed by atoms with van der Waals surface area (Å²) in [7, 11) is 0. The van der Waals surface area contributed by atoms with Gasteiger partial charge in [0.1, 0.15) is 29.3 Å². The molecule has 7 nitrogen and oxygen atoms in total. The van der Waals surface area contributed by atoms with Crippen molar-refractivity contribution in [2.45, 2.75) is 20.5 Å². The Morgan fingerprint density at radius 2 is 1.88 bits per heavy atom. The Bertz CT molecular complexity index is 1480. The number of nitrogens with zero attached hydrogens (tertiary/aromatic N) is 4. The number of halogens is 1. The van der Waals surface area contributed by atoms with Gasteiger partial charge in [-0.3, -0.25) is 4.79 Å². The number of pyridine rings is 1. The van der Waals surface area contributed by atoms with Gasteiger partial charge in [0.25, 0.3) is 5.91 Å². The van der Waals surface area contributed by atoms with Gasteiger partial charge in [0, 0.05) is 30.2 Å². The molecule has 0 spiro atoms. The van der Waals surface area contributed by atoms with Gasteiger partial charge in [0.15, 0.2) is 0 Å². The predicted molar refractivity (Wildman–Crippen MR) is 123 cm³/mol. The molecule has 0 atom stereocenters. The van der Waals surface area contributed by atoms with E-state index in [4.69, 9.17) is 4.74 Å². The molecular weight excluding hydrogens is 421 g/mol. The number of nitrogens with one attached hydrogen (secondary N) is 1. The van der Waals surface area contributed by atoms with Crippen LogP contribution in [0.2, 0.25) is 0 Å². The smallest absolute Gasteiger partial charge is 0.258 e. The molecule has 0 aliphatic rings. The zero-order valence-corrected chi connectivity index (χ0v) is 18.0. The number of anilines is 1. The number of rotatable bonds is 5. The fourth-order valence-electron chi connectivity index (χ4n) is 3.55. The van der Waals surface area contributed by atoms with Crippen molar-refractivity contribution in [2.24, 2.45) is 0 Å². The number of carbonyl (C=O) groups is 1. The van der Waals surface area contributed by atoms with Crippen molar-refractivity contribution in [2.75, 3.05) is 5.32 Å². The van der Waals surface area contributed by atoms with Crippen LogP contribution in [0.4, 0.5) is 10.1 Å². The quantitative estimate of drug-likeness (QED) is 0.421. The normalized spacial score (nSPS) is 11.1. The number of carbonyl (C=O) groups excluding carboxylic acids is 1. The molecule has 5 rings (SSSR count). The van der Waals surface area contributed by atoms with Crippen LogP contribution in [-0.4, -0.2) is 25.3 Å². The lowest BCUT2D eigenvalue weighted by Crippen LogP contribution is -2.14. The lowest BCUT2D eigenvalue weighted by Gasteiger charge is -2.11. The van der Waals surface area contributed by atoms with Gasteiger partial charge >= 0.3 is 0 Å². The second-order valence-corrected chi connectivity index (χ2v) is 7.68. The van der Waals surface area contributed by atoms with Gasteiger partial charge in [-0.25, -0.2) is 19.3 Å². The number of hydrogen-bond donors (Lipinski definition) is 1. The number of amides is 1. The highest BCUT2D eigenvalue weighted by molar-refractivity contribution is 6.11. The molecule has 0 aliphatic heterocycles. The molecule has 0 saturated heterocycles. The van der Waals surface area contributed by atoms with E-state index in [-0.39, 0.29) is 12.2 Å². The van der Waals surface area contributed by atoms with Gasteiger partial charge in [-0.2, -0.15) is 0 Å². The first-order chi connectivity index (χ1) is 16.0. The number of fused-ring (bicyclic) bond motifs is 2. The SMILES string of the molecule is Cc1nc2cc(F)cc(C(=O)Nc3cccc(OCc4cn5ccccc5n4)c3)c2nc1C. The molecule has 5 aromatic rings. The van der Waals surface area contributed by atoms with E-state index in [0.717, 1.165) is 11.3 Å². The van der Waals surface area contributed by atoms with E-state index in [1.165, 1.54) is 12.1 Å². The minimum absolute atomic E-state index is 0.122. The van der Waals surface area contributed by atoms with Crippen molar-refractivity contribution >= 4 is 28.3 Å². The molecule has 0 unspecified atom stereocenters. The summed E-state index contributed by atoms with van der Waals surface area (Å²) in [5.74, 6) is -0.454. The molecule has 1 amide bonds. The molecule has 8 heteroatoms. The Morgan fingerprint density at radius 3 is 2.73 bits per heavy atom. The molecule has 1 N–H and O–H groups in total. The standard InChI is InChI=1S/C25H20FN5O2/c1-15-16(2)28-24-21(10-17(26)11-22(24)27-15)25(32)30-18-6-5-7-20(12-18)33-14-19-13-31-9-4-3-8-23(31)29-19/h3-13H,14H2,1-2H3,(H,30,32). The highest BCUT2D eigenvalue weighted by Crippen LogP contribution is 2.23. The maximum absolute atomic E-state index is 14.2. The fourth-order valence-corrected chi connectivity index (χ4v) is 3.55. The summed E-state index contributed by atoms with van der Waals surface area (Å²) in [4.78, 5) is 26.3. The summed E-state index contributed by atoms with van der Waals surface area (Å²) in [6.45, 7) is 3.88. The van der Waals surface area contributed by atoms with Crippen molar-refractivity contribution in [3.05, 3.63) is 95.5 Å². The third-order valence-electron chi connectivity index (χ3n) is 5.28. The lowest BCUT2D eigenvalue weighted by molar-refractivity contribution is 0.102. The zero-order valence-electron chi connectivity index (χ0n) is 18.0. The van der Waals surface area contributed by atoms with Gasteiger partial charge < -0.3 is 14.5 Å².